The summed E-state index contributed by atoms with van der Waals surface area (Å²) in [5.41, 5.74) is 0.473. The topological polar surface area (TPSA) is 52.9 Å². The molecule has 1 aromatic carbocycles. The highest BCUT2D eigenvalue weighted by Crippen LogP contribution is 2.30. The molecule has 18 heavy (non-hydrogen) atoms. The zero-order chi connectivity index (χ0) is 13.8. The van der Waals surface area contributed by atoms with E-state index >= 15 is 0 Å². The number of benzene rings is 1. The summed E-state index contributed by atoms with van der Waals surface area (Å²) in [6, 6.07) is 7.54. The number of halogens is 1. The molecular formula is C14H17ClN2O. The van der Waals surface area contributed by atoms with Crippen LogP contribution in [0, 0.1) is 23.7 Å². The number of amides is 1. The first-order valence-electron chi connectivity index (χ1n) is 5.98. The van der Waals surface area contributed by atoms with Crippen LogP contribution in [0.15, 0.2) is 18.2 Å². The first-order valence-corrected chi connectivity index (χ1v) is 6.36. The van der Waals surface area contributed by atoms with E-state index in [1.807, 2.05) is 32.9 Å². The van der Waals surface area contributed by atoms with E-state index in [2.05, 4.69) is 11.4 Å². The second kappa shape index (κ2) is 5.88. The summed E-state index contributed by atoms with van der Waals surface area (Å²) in [7, 11) is 0. The standard InChI is InChI=1S/C14H17ClN2O/c1-4-14(5-2,9-16)13(18)17-11-8-6-7-10(3)12(11)15/h6-8H,4-5H2,1-3H3,(H,17,18). The molecule has 0 saturated carbocycles. The monoisotopic (exact) mass is 264 g/mol. The number of rotatable bonds is 4. The van der Waals surface area contributed by atoms with Gasteiger partial charge in [-0.2, -0.15) is 5.26 Å². The zero-order valence-corrected chi connectivity index (χ0v) is 11.6. The van der Waals surface area contributed by atoms with E-state index < -0.39 is 5.41 Å². The summed E-state index contributed by atoms with van der Waals surface area (Å²) in [6.07, 6.45) is 0.963. The fourth-order valence-electron chi connectivity index (χ4n) is 1.77. The van der Waals surface area contributed by atoms with Gasteiger partial charge in [0.05, 0.1) is 16.8 Å². The largest absolute Gasteiger partial charge is 0.323 e. The first kappa shape index (κ1) is 14.5. The van der Waals surface area contributed by atoms with Crippen LogP contribution >= 0.6 is 11.6 Å². The maximum Gasteiger partial charge on any atom is 0.244 e. The van der Waals surface area contributed by atoms with Gasteiger partial charge in [0.1, 0.15) is 5.41 Å². The van der Waals surface area contributed by atoms with Crippen molar-refractivity contribution in [3.05, 3.63) is 28.8 Å². The SMILES string of the molecule is CCC(C#N)(CC)C(=O)Nc1cccc(C)c1Cl. The van der Waals surface area contributed by atoms with Crippen LogP contribution in [-0.4, -0.2) is 5.91 Å². The minimum Gasteiger partial charge on any atom is -0.323 e. The number of nitrogens with one attached hydrogen (secondary N) is 1. The van der Waals surface area contributed by atoms with Crippen LogP contribution in [0.3, 0.4) is 0 Å². The molecule has 0 aromatic heterocycles. The number of aryl methyl sites for hydroxylation is 1. The predicted molar refractivity (Wildman–Crippen MR) is 73.4 cm³/mol. The Morgan fingerprint density at radius 1 is 1.44 bits per heavy atom. The number of anilines is 1. The molecule has 0 aliphatic heterocycles. The summed E-state index contributed by atoms with van der Waals surface area (Å²) < 4.78 is 0. The van der Waals surface area contributed by atoms with Crippen molar-refractivity contribution in [2.75, 3.05) is 5.32 Å². The van der Waals surface area contributed by atoms with Crippen molar-refractivity contribution in [3.63, 3.8) is 0 Å². The summed E-state index contributed by atoms with van der Waals surface area (Å²) in [4.78, 5) is 12.2. The Balaban J connectivity index is 3.01. The second-order valence-electron chi connectivity index (χ2n) is 4.29. The van der Waals surface area contributed by atoms with Crippen LogP contribution < -0.4 is 5.32 Å². The summed E-state index contributed by atoms with van der Waals surface area (Å²) in [5, 5.41) is 12.5. The minimum absolute atomic E-state index is 0.289. The van der Waals surface area contributed by atoms with E-state index in [0.717, 1.165) is 5.56 Å². The minimum atomic E-state index is -0.979. The molecular weight excluding hydrogens is 248 g/mol. The molecule has 0 saturated heterocycles. The number of carbonyl (C=O) groups is 1. The lowest BCUT2D eigenvalue weighted by Crippen LogP contribution is -2.34. The quantitative estimate of drug-likeness (QED) is 0.896. The molecule has 3 nitrogen and oxygen atoms in total. The molecule has 0 unspecified atom stereocenters. The fourth-order valence-corrected chi connectivity index (χ4v) is 1.94. The van der Waals surface area contributed by atoms with Crippen LogP contribution in [0.1, 0.15) is 32.3 Å². The zero-order valence-electron chi connectivity index (χ0n) is 10.9. The Morgan fingerprint density at radius 3 is 2.56 bits per heavy atom. The average Bonchev–Trinajstić information content (AvgIpc) is 2.38. The van der Waals surface area contributed by atoms with Gasteiger partial charge in [-0.15, -0.1) is 0 Å². The van der Waals surface area contributed by atoms with Gasteiger partial charge >= 0.3 is 0 Å². The molecule has 1 aromatic rings. The lowest BCUT2D eigenvalue weighted by Gasteiger charge is -2.22. The maximum atomic E-state index is 12.2. The predicted octanol–water partition coefficient (Wildman–Crippen LogP) is 3.92. The number of hydrogen-bond acceptors (Lipinski definition) is 2. The van der Waals surface area contributed by atoms with Crippen LogP contribution in [0.25, 0.3) is 0 Å². The molecule has 0 aliphatic carbocycles. The van der Waals surface area contributed by atoms with Crippen molar-refractivity contribution in [2.24, 2.45) is 5.41 Å². The summed E-state index contributed by atoms with van der Waals surface area (Å²) in [6.45, 7) is 5.55. The van der Waals surface area contributed by atoms with Gasteiger partial charge in [-0.3, -0.25) is 4.79 Å². The third-order valence-electron chi connectivity index (χ3n) is 3.30. The highest BCUT2D eigenvalue weighted by atomic mass is 35.5. The van der Waals surface area contributed by atoms with Gasteiger partial charge in [-0.25, -0.2) is 0 Å². The molecule has 0 aliphatic rings. The van der Waals surface area contributed by atoms with E-state index in [4.69, 9.17) is 11.6 Å². The molecule has 96 valence electrons. The molecule has 4 heteroatoms. The third-order valence-corrected chi connectivity index (χ3v) is 3.80. The highest BCUT2D eigenvalue weighted by molar-refractivity contribution is 6.34. The fraction of sp³-hybridized carbons (Fsp3) is 0.429. The molecule has 1 N–H and O–H groups in total. The molecule has 0 fully saturated rings. The van der Waals surface area contributed by atoms with E-state index in [1.165, 1.54) is 0 Å². The molecule has 0 spiro atoms. The molecule has 0 radical (unpaired) electrons. The van der Waals surface area contributed by atoms with E-state index in [1.54, 1.807) is 6.07 Å². The van der Waals surface area contributed by atoms with Crippen LogP contribution in [-0.2, 0) is 4.79 Å². The van der Waals surface area contributed by atoms with Crippen LogP contribution in [0.4, 0.5) is 5.69 Å². The van der Waals surface area contributed by atoms with Crippen molar-refractivity contribution >= 4 is 23.2 Å². The Labute approximate surface area is 113 Å². The molecule has 0 bridgehead atoms. The van der Waals surface area contributed by atoms with Gasteiger partial charge in [0.2, 0.25) is 5.91 Å². The molecule has 0 atom stereocenters. The maximum absolute atomic E-state index is 12.2. The second-order valence-corrected chi connectivity index (χ2v) is 4.67. The van der Waals surface area contributed by atoms with E-state index in [-0.39, 0.29) is 5.91 Å². The Bertz CT molecular complexity index is 487. The van der Waals surface area contributed by atoms with Gasteiger partial charge in [0, 0.05) is 0 Å². The lowest BCUT2D eigenvalue weighted by molar-refractivity contribution is -0.123. The summed E-state index contributed by atoms with van der Waals surface area (Å²) >= 11 is 6.12. The normalized spacial score (nSPS) is 10.8. The Morgan fingerprint density at radius 2 is 2.06 bits per heavy atom. The first-order chi connectivity index (χ1) is 8.50. The van der Waals surface area contributed by atoms with E-state index in [0.29, 0.717) is 23.6 Å². The molecule has 0 heterocycles. The Kier molecular flexibility index (Phi) is 4.75. The average molecular weight is 265 g/mol. The molecule has 1 rings (SSSR count). The smallest absolute Gasteiger partial charge is 0.244 e. The lowest BCUT2D eigenvalue weighted by atomic mass is 9.83. The van der Waals surface area contributed by atoms with E-state index in [9.17, 15) is 10.1 Å². The number of nitriles is 1. The third kappa shape index (κ3) is 2.65. The number of carbonyl (C=O) groups excluding carboxylic acids is 1. The molecule has 1 amide bonds. The van der Waals surface area contributed by atoms with Crippen LogP contribution in [0.2, 0.25) is 5.02 Å². The van der Waals surface area contributed by atoms with Gasteiger partial charge < -0.3 is 5.32 Å². The van der Waals surface area contributed by atoms with Gasteiger partial charge in [0.25, 0.3) is 0 Å². The van der Waals surface area contributed by atoms with Gasteiger partial charge in [-0.05, 0) is 31.4 Å². The highest BCUT2D eigenvalue weighted by Gasteiger charge is 2.35. The summed E-state index contributed by atoms with van der Waals surface area (Å²) in [5.74, 6) is -0.289. The van der Waals surface area contributed by atoms with Crippen molar-refractivity contribution < 1.29 is 4.79 Å². The number of hydrogen-bond donors (Lipinski definition) is 1. The van der Waals surface area contributed by atoms with Crippen molar-refractivity contribution in [1.82, 2.24) is 0 Å². The van der Waals surface area contributed by atoms with Gasteiger partial charge in [0.15, 0.2) is 0 Å². The van der Waals surface area contributed by atoms with Crippen molar-refractivity contribution in [2.45, 2.75) is 33.6 Å². The number of nitrogens with zero attached hydrogens (tertiary/aromatic N) is 1. The van der Waals surface area contributed by atoms with Gasteiger partial charge in [-0.1, -0.05) is 37.6 Å². The van der Waals surface area contributed by atoms with Crippen molar-refractivity contribution in [1.29, 1.82) is 5.26 Å². The Hall–Kier alpha value is -1.53. The van der Waals surface area contributed by atoms with Crippen molar-refractivity contribution in [3.8, 4) is 6.07 Å². The van der Waals surface area contributed by atoms with Crippen LogP contribution in [0.5, 0.6) is 0 Å².